The Morgan fingerprint density at radius 3 is 2.60 bits per heavy atom. The molecule has 0 aliphatic carbocycles. The second kappa shape index (κ2) is 8.53. The predicted molar refractivity (Wildman–Crippen MR) is 119 cm³/mol. The lowest BCUT2D eigenvalue weighted by Crippen LogP contribution is -2.31. The van der Waals surface area contributed by atoms with Gasteiger partial charge in [0.15, 0.2) is 5.11 Å². The molecule has 0 spiro atoms. The number of aliphatic hydroxyl groups is 1. The first-order chi connectivity index (χ1) is 14.5. The molecule has 7 heteroatoms. The molecule has 0 bridgehead atoms. The molecule has 3 aromatic rings. The Kier molecular flexibility index (Phi) is 5.83. The van der Waals surface area contributed by atoms with E-state index in [1.165, 1.54) is 12.1 Å². The lowest BCUT2D eigenvalue weighted by atomic mass is 9.96. The molecule has 3 heterocycles. The summed E-state index contributed by atoms with van der Waals surface area (Å²) in [6.45, 7) is 4.88. The zero-order valence-corrected chi connectivity index (χ0v) is 17.9. The fourth-order valence-electron chi connectivity index (χ4n) is 4.30. The van der Waals surface area contributed by atoms with Crippen molar-refractivity contribution in [2.75, 3.05) is 13.2 Å². The molecule has 0 saturated carbocycles. The van der Waals surface area contributed by atoms with Crippen LogP contribution in [-0.2, 0) is 0 Å². The van der Waals surface area contributed by atoms with Crippen LogP contribution in [0.25, 0.3) is 5.69 Å². The van der Waals surface area contributed by atoms with E-state index in [0.717, 1.165) is 28.3 Å². The van der Waals surface area contributed by atoms with E-state index in [9.17, 15) is 9.50 Å². The fraction of sp³-hybridized carbons (Fsp3) is 0.304. The van der Waals surface area contributed by atoms with E-state index in [1.54, 1.807) is 18.3 Å². The fourth-order valence-corrected chi connectivity index (χ4v) is 4.63. The molecule has 1 aliphatic heterocycles. The van der Waals surface area contributed by atoms with E-state index in [2.05, 4.69) is 32.8 Å². The summed E-state index contributed by atoms with van der Waals surface area (Å²) < 4.78 is 15.6. The third kappa shape index (κ3) is 3.70. The summed E-state index contributed by atoms with van der Waals surface area (Å²) in [5.41, 5.74) is 5.11. The van der Waals surface area contributed by atoms with Gasteiger partial charge in [-0.05, 0) is 80.5 Å². The van der Waals surface area contributed by atoms with Gasteiger partial charge >= 0.3 is 0 Å². The van der Waals surface area contributed by atoms with Crippen LogP contribution in [0.3, 0.4) is 0 Å². The van der Waals surface area contributed by atoms with Gasteiger partial charge in [-0.2, -0.15) is 0 Å². The number of hydrogen-bond acceptors (Lipinski definition) is 3. The van der Waals surface area contributed by atoms with E-state index in [0.29, 0.717) is 18.1 Å². The minimum absolute atomic E-state index is 0.0562. The Hall–Kier alpha value is -2.77. The first-order valence-electron chi connectivity index (χ1n) is 10.0. The number of halogens is 1. The lowest BCUT2D eigenvalue weighted by molar-refractivity contribution is 0.247. The molecule has 2 aromatic heterocycles. The van der Waals surface area contributed by atoms with E-state index in [1.807, 2.05) is 25.1 Å². The normalized spacial score (nSPS) is 18.7. The molecular weight excluding hydrogens is 399 g/mol. The quantitative estimate of drug-likeness (QED) is 0.586. The lowest BCUT2D eigenvalue weighted by Gasteiger charge is -2.28. The molecule has 4 rings (SSSR count). The molecule has 1 aliphatic rings. The van der Waals surface area contributed by atoms with Crippen LogP contribution in [0.4, 0.5) is 4.39 Å². The van der Waals surface area contributed by atoms with Crippen molar-refractivity contribution in [1.29, 1.82) is 0 Å². The number of thiocarbonyl (C=S) groups is 1. The second-order valence-corrected chi connectivity index (χ2v) is 7.92. The highest BCUT2D eigenvalue weighted by atomic mass is 32.1. The van der Waals surface area contributed by atoms with Gasteiger partial charge in [0.1, 0.15) is 5.82 Å². The van der Waals surface area contributed by atoms with Gasteiger partial charge in [-0.15, -0.1) is 0 Å². The van der Waals surface area contributed by atoms with Crippen LogP contribution >= 0.6 is 12.2 Å². The average molecular weight is 425 g/mol. The number of rotatable bonds is 6. The smallest absolute Gasteiger partial charge is 0.170 e. The van der Waals surface area contributed by atoms with Crippen LogP contribution < -0.4 is 5.32 Å². The molecule has 1 saturated heterocycles. The van der Waals surface area contributed by atoms with Crippen molar-refractivity contribution < 1.29 is 9.50 Å². The molecule has 1 aromatic carbocycles. The number of aliphatic hydroxyl groups excluding tert-OH is 1. The molecule has 1 fully saturated rings. The van der Waals surface area contributed by atoms with Crippen LogP contribution in [0.15, 0.2) is 54.7 Å². The van der Waals surface area contributed by atoms with Crippen LogP contribution in [-0.4, -0.2) is 37.8 Å². The summed E-state index contributed by atoms with van der Waals surface area (Å²) in [4.78, 5) is 6.71. The molecule has 156 valence electrons. The van der Waals surface area contributed by atoms with Gasteiger partial charge in [0, 0.05) is 36.4 Å². The van der Waals surface area contributed by atoms with Crippen molar-refractivity contribution in [2.24, 2.45) is 0 Å². The molecule has 0 radical (unpaired) electrons. The first-order valence-corrected chi connectivity index (χ1v) is 10.5. The molecule has 5 nitrogen and oxygen atoms in total. The molecule has 2 unspecified atom stereocenters. The van der Waals surface area contributed by atoms with Gasteiger partial charge in [0.05, 0.1) is 17.8 Å². The van der Waals surface area contributed by atoms with Crippen LogP contribution in [0, 0.1) is 19.7 Å². The average Bonchev–Trinajstić information content (AvgIpc) is 3.23. The maximum Gasteiger partial charge on any atom is 0.170 e. The van der Waals surface area contributed by atoms with E-state index in [4.69, 9.17) is 12.2 Å². The number of pyridine rings is 1. The monoisotopic (exact) mass is 424 g/mol. The molecule has 0 amide bonds. The van der Waals surface area contributed by atoms with Crippen molar-refractivity contribution in [2.45, 2.75) is 32.4 Å². The van der Waals surface area contributed by atoms with Crippen molar-refractivity contribution in [1.82, 2.24) is 19.8 Å². The van der Waals surface area contributed by atoms with Crippen molar-refractivity contribution in [3.8, 4) is 5.69 Å². The van der Waals surface area contributed by atoms with Gasteiger partial charge in [-0.25, -0.2) is 4.39 Å². The second-order valence-electron chi connectivity index (χ2n) is 7.54. The van der Waals surface area contributed by atoms with Gasteiger partial charge < -0.3 is 19.9 Å². The van der Waals surface area contributed by atoms with Crippen molar-refractivity contribution in [3.05, 3.63) is 83.2 Å². The summed E-state index contributed by atoms with van der Waals surface area (Å²) in [7, 11) is 0. The van der Waals surface area contributed by atoms with Crippen molar-refractivity contribution in [3.63, 3.8) is 0 Å². The predicted octanol–water partition coefficient (Wildman–Crippen LogP) is 3.98. The third-order valence-corrected chi connectivity index (χ3v) is 5.98. The number of hydrogen-bond donors (Lipinski definition) is 2. The minimum atomic E-state index is -0.253. The number of nitrogens with one attached hydrogen (secondary N) is 1. The number of benzene rings is 1. The zero-order valence-electron chi connectivity index (χ0n) is 17.0. The largest absolute Gasteiger partial charge is 0.396 e. The summed E-state index contributed by atoms with van der Waals surface area (Å²) in [5, 5.41) is 13.5. The highest BCUT2D eigenvalue weighted by Gasteiger charge is 2.41. The number of nitrogens with zero attached hydrogens (tertiary/aromatic N) is 3. The Morgan fingerprint density at radius 1 is 1.17 bits per heavy atom. The highest BCUT2D eigenvalue weighted by molar-refractivity contribution is 7.80. The van der Waals surface area contributed by atoms with Gasteiger partial charge in [-0.3, -0.25) is 4.98 Å². The van der Waals surface area contributed by atoms with Gasteiger partial charge in [-0.1, -0.05) is 6.07 Å². The Morgan fingerprint density at radius 2 is 1.93 bits per heavy atom. The molecule has 30 heavy (non-hydrogen) atoms. The van der Waals surface area contributed by atoms with Gasteiger partial charge in [0.25, 0.3) is 0 Å². The standard InChI is InChI=1S/C23H25FN4OS/c1-15-14-19(16(2)28(15)18-9-7-17(24)8-10-18)22-21(20-6-3-4-11-25-20)26-23(30)27(22)12-5-13-29/h3-4,6-11,14,21-22,29H,5,12-13H2,1-2H3,(H,26,30). The molecular formula is C23H25FN4OS. The van der Waals surface area contributed by atoms with Crippen LogP contribution in [0.1, 0.15) is 41.1 Å². The van der Waals surface area contributed by atoms with Crippen molar-refractivity contribution >= 4 is 17.3 Å². The van der Waals surface area contributed by atoms with E-state index < -0.39 is 0 Å². The van der Waals surface area contributed by atoms with Gasteiger partial charge in [0.2, 0.25) is 0 Å². The number of aryl methyl sites for hydroxylation is 1. The Bertz CT molecular complexity index is 1040. The molecule has 2 atom stereocenters. The Labute approximate surface area is 181 Å². The van der Waals surface area contributed by atoms with E-state index >= 15 is 0 Å². The summed E-state index contributed by atoms with van der Waals surface area (Å²) >= 11 is 5.66. The first kappa shape index (κ1) is 20.5. The number of aromatic nitrogens is 2. The summed E-state index contributed by atoms with van der Waals surface area (Å²) in [6, 6.07) is 14.4. The third-order valence-electron chi connectivity index (χ3n) is 5.63. The van der Waals surface area contributed by atoms with E-state index in [-0.39, 0.29) is 24.5 Å². The summed E-state index contributed by atoms with van der Waals surface area (Å²) in [6.07, 6.45) is 2.42. The van der Waals surface area contributed by atoms with Crippen LogP contribution in [0.5, 0.6) is 0 Å². The Balaban J connectivity index is 1.81. The maximum atomic E-state index is 13.4. The highest BCUT2D eigenvalue weighted by Crippen LogP contribution is 2.41. The topological polar surface area (TPSA) is 53.3 Å². The van der Waals surface area contributed by atoms with Crippen LogP contribution in [0.2, 0.25) is 0 Å². The summed E-state index contributed by atoms with van der Waals surface area (Å²) in [5.74, 6) is -0.253. The SMILES string of the molecule is Cc1cc(C2C(c3ccccn3)NC(=S)N2CCCO)c(C)n1-c1ccc(F)cc1. The zero-order chi connectivity index (χ0) is 21.3. The molecule has 2 N–H and O–H groups in total. The minimum Gasteiger partial charge on any atom is -0.396 e. The maximum absolute atomic E-state index is 13.4.